The fourth-order valence-electron chi connectivity index (χ4n) is 9.44. The third-order valence-corrected chi connectivity index (χ3v) is 13.9. The standard InChI is InChI=1S/C59H116O5/c1-3-5-7-9-11-13-15-17-18-19-20-21-22-23-24-25-26-27-28-29-30-31-32-33-34-35-36-37-38-39-40-41-42-44-46-48-50-52-54-59(62)64-57(55-60)56-63-58(61)53-51-49-47-45-43-16-14-12-10-8-6-4-2/h57,60H,3-56H2,1-2H3. The molecule has 0 amide bonds. The summed E-state index contributed by atoms with van der Waals surface area (Å²) >= 11 is 0. The Bertz CT molecular complexity index is 891. The van der Waals surface area contributed by atoms with E-state index in [1.807, 2.05) is 0 Å². The van der Waals surface area contributed by atoms with Crippen molar-refractivity contribution in [3.63, 3.8) is 0 Å². The highest BCUT2D eigenvalue weighted by molar-refractivity contribution is 5.70. The molecule has 0 aromatic heterocycles. The molecule has 5 heteroatoms. The van der Waals surface area contributed by atoms with Crippen molar-refractivity contribution >= 4 is 11.9 Å². The number of ether oxygens (including phenoxy) is 2. The van der Waals surface area contributed by atoms with Gasteiger partial charge in [0.15, 0.2) is 6.10 Å². The van der Waals surface area contributed by atoms with Crippen molar-refractivity contribution in [2.75, 3.05) is 13.2 Å². The molecule has 382 valence electrons. The molecule has 0 aromatic rings. The maximum atomic E-state index is 12.3. The minimum absolute atomic E-state index is 0.0565. The number of hydrogen-bond donors (Lipinski definition) is 1. The first kappa shape index (κ1) is 62.9. The molecule has 5 nitrogen and oxygen atoms in total. The summed E-state index contributed by atoms with van der Waals surface area (Å²) in [5, 5.41) is 9.61. The van der Waals surface area contributed by atoms with Crippen LogP contribution >= 0.6 is 0 Å². The van der Waals surface area contributed by atoms with Crippen LogP contribution in [0.4, 0.5) is 0 Å². The fraction of sp³-hybridized carbons (Fsp3) is 0.966. The van der Waals surface area contributed by atoms with Gasteiger partial charge in [-0.05, 0) is 12.8 Å². The summed E-state index contributed by atoms with van der Waals surface area (Å²) in [6, 6.07) is 0. The van der Waals surface area contributed by atoms with E-state index in [0.717, 1.165) is 32.1 Å². The Kier molecular flexibility index (Phi) is 55.3. The lowest BCUT2D eigenvalue weighted by molar-refractivity contribution is -0.161. The normalized spacial score (nSPS) is 12.0. The van der Waals surface area contributed by atoms with Crippen molar-refractivity contribution in [2.24, 2.45) is 0 Å². The Balaban J connectivity index is 3.31. The highest BCUT2D eigenvalue weighted by atomic mass is 16.6. The SMILES string of the molecule is CCCCCCCCCCCCCCCCCCCCCCCCCCCCCCCCCCCCCCCCC(=O)OC(CO)COC(=O)CCCCCCCCCCCCCC. The van der Waals surface area contributed by atoms with E-state index < -0.39 is 6.10 Å². The molecule has 0 saturated carbocycles. The highest BCUT2D eigenvalue weighted by Gasteiger charge is 2.16. The average Bonchev–Trinajstić information content (AvgIpc) is 3.30. The molecule has 0 fully saturated rings. The van der Waals surface area contributed by atoms with Crippen LogP contribution in [0.25, 0.3) is 0 Å². The van der Waals surface area contributed by atoms with E-state index in [4.69, 9.17) is 9.47 Å². The fourth-order valence-corrected chi connectivity index (χ4v) is 9.44. The van der Waals surface area contributed by atoms with Crippen LogP contribution in [0.5, 0.6) is 0 Å². The number of rotatable bonds is 56. The number of aliphatic hydroxyl groups excluding tert-OH is 1. The molecule has 64 heavy (non-hydrogen) atoms. The van der Waals surface area contributed by atoms with Crippen molar-refractivity contribution in [2.45, 2.75) is 354 Å². The second-order valence-corrected chi connectivity index (χ2v) is 20.4. The van der Waals surface area contributed by atoms with Gasteiger partial charge >= 0.3 is 11.9 Å². The molecule has 0 spiro atoms. The molecule has 0 aliphatic carbocycles. The van der Waals surface area contributed by atoms with Gasteiger partial charge in [-0.25, -0.2) is 0 Å². The van der Waals surface area contributed by atoms with Crippen LogP contribution in [0.3, 0.4) is 0 Å². The van der Waals surface area contributed by atoms with Gasteiger partial charge in [-0.3, -0.25) is 9.59 Å². The van der Waals surface area contributed by atoms with E-state index in [2.05, 4.69) is 13.8 Å². The van der Waals surface area contributed by atoms with Gasteiger partial charge in [-0.1, -0.05) is 322 Å². The Morgan fingerprint density at radius 3 is 0.688 bits per heavy atom. The van der Waals surface area contributed by atoms with E-state index in [1.54, 1.807) is 0 Å². The molecule has 0 bridgehead atoms. The summed E-state index contributed by atoms with van der Waals surface area (Å²) in [6.45, 7) is 4.19. The van der Waals surface area contributed by atoms with Gasteiger partial charge in [0.1, 0.15) is 6.61 Å². The summed E-state index contributed by atoms with van der Waals surface area (Å²) < 4.78 is 10.7. The number of carbonyl (C=O) groups is 2. The van der Waals surface area contributed by atoms with Crippen LogP contribution in [0.2, 0.25) is 0 Å². The number of esters is 2. The van der Waals surface area contributed by atoms with E-state index >= 15 is 0 Å². The van der Waals surface area contributed by atoms with Gasteiger partial charge in [0.05, 0.1) is 6.61 Å². The van der Waals surface area contributed by atoms with Gasteiger partial charge in [0.25, 0.3) is 0 Å². The lowest BCUT2D eigenvalue weighted by Gasteiger charge is -2.15. The van der Waals surface area contributed by atoms with Crippen molar-refractivity contribution < 1.29 is 24.2 Å². The Morgan fingerprint density at radius 1 is 0.297 bits per heavy atom. The second-order valence-electron chi connectivity index (χ2n) is 20.4. The maximum absolute atomic E-state index is 12.3. The molecular formula is C59H116O5. The summed E-state index contributed by atoms with van der Waals surface area (Å²) in [5.74, 6) is -0.568. The molecular weight excluding hydrogens is 789 g/mol. The molecule has 0 saturated heterocycles. The minimum atomic E-state index is -0.763. The molecule has 0 aromatic carbocycles. The predicted molar refractivity (Wildman–Crippen MR) is 279 cm³/mol. The van der Waals surface area contributed by atoms with Gasteiger partial charge in [-0.2, -0.15) is 0 Å². The Morgan fingerprint density at radius 2 is 0.484 bits per heavy atom. The van der Waals surface area contributed by atoms with E-state index in [1.165, 1.54) is 289 Å². The van der Waals surface area contributed by atoms with Crippen molar-refractivity contribution in [3.05, 3.63) is 0 Å². The third-order valence-electron chi connectivity index (χ3n) is 13.9. The van der Waals surface area contributed by atoms with Crippen LogP contribution in [0, 0.1) is 0 Å². The molecule has 0 aliphatic rings. The number of unbranched alkanes of at least 4 members (excludes halogenated alkanes) is 48. The zero-order valence-electron chi connectivity index (χ0n) is 43.8. The largest absolute Gasteiger partial charge is 0.462 e. The van der Waals surface area contributed by atoms with Gasteiger partial charge < -0.3 is 14.6 Å². The van der Waals surface area contributed by atoms with Crippen LogP contribution in [0.15, 0.2) is 0 Å². The number of carbonyl (C=O) groups excluding carboxylic acids is 2. The first-order chi connectivity index (χ1) is 31.6. The van der Waals surface area contributed by atoms with Crippen LogP contribution in [0.1, 0.15) is 348 Å². The summed E-state index contributed by atoms with van der Waals surface area (Å²) in [7, 11) is 0. The third kappa shape index (κ3) is 53.5. The van der Waals surface area contributed by atoms with Crippen LogP contribution in [-0.2, 0) is 19.1 Å². The smallest absolute Gasteiger partial charge is 0.306 e. The zero-order chi connectivity index (χ0) is 46.3. The van der Waals surface area contributed by atoms with Gasteiger partial charge in [0.2, 0.25) is 0 Å². The average molecular weight is 906 g/mol. The second kappa shape index (κ2) is 56.2. The monoisotopic (exact) mass is 905 g/mol. The molecule has 0 radical (unpaired) electrons. The van der Waals surface area contributed by atoms with Crippen molar-refractivity contribution in [3.8, 4) is 0 Å². The first-order valence-corrected chi connectivity index (χ1v) is 29.6. The van der Waals surface area contributed by atoms with Crippen molar-refractivity contribution in [1.82, 2.24) is 0 Å². The minimum Gasteiger partial charge on any atom is -0.462 e. The Labute approximate surface area is 401 Å². The lowest BCUT2D eigenvalue weighted by atomic mass is 10.0. The molecule has 1 atom stereocenters. The summed E-state index contributed by atoms with van der Waals surface area (Å²) in [4.78, 5) is 24.4. The first-order valence-electron chi connectivity index (χ1n) is 29.6. The molecule has 0 rings (SSSR count). The molecule has 1 N–H and O–H groups in total. The van der Waals surface area contributed by atoms with E-state index in [-0.39, 0.29) is 25.2 Å². The quantitative estimate of drug-likeness (QED) is 0.0486. The molecule has 0 heterocycles. The zero-order valence-corrected chi connectivity index (χ0v) is 43.8. The maximum Gasteiger partial charge on any atom is 0.306 e. The summed E-state index contributed by atoms with van der Waals surface area (Å²) in [6.07, 6.45) is 68.4. The van der Waals surface area contributed by atoms with E-state index in [0.29, 0.717) is 12.8 Å². The predicted octanol–water partition coefficient (Wildman–Crippen LogP) is 19.8. The molecule has 1 unspecified atom stereocenters. The number of hydrogen-bond acceptors (Lipinski definition) is 5. The van der Waals surface area contributed by atoms with E-state index in [9.17, 15) is 14.7 Å². The van der Waals surface area contributed by atoms with Gasteiger partial charge in [0, 0.05) is 12.8 Å². The van der Waals surface area contributed by atoms with Crippen molar-refractivity contribution in [1.29, 1.82) is 0 Å². The highest BCUT2D eigenvalue weighted by Crippen LogP contribution is 2.19. The van der Waals surface area contributed by atoms with Crippen LogP contribution in [-0.4, -0.2) is 36.4 Å². The lowest BCUT2D eigenvalue weighted by Crippen LogP contribution is -2.28. The molecule has 0 aliphatic heterocycles. The summed E-state index contributed by atoms with van der Waals surface area (Å²) in [5.41, 5.74) is 0. The van der Waals surface area contributed by atoms with Crippen LogP contribution < -0.4 is 0 Å². The van der Waals surface area contributed by atoms with Gasteiger partial charge in [-0.15, -0.1) is 0 Å². The Hall–Kier alpha value is -1.10. The number of aliphatic hydroxyl groups is 1. The topological polar surface area (TPSA) is 72.8 Å².